The molecular formula is C15H23NO. The van der Waals surface area contributed by atoms with Crippen molar-refractivity contribution < 1.29 is 5.11 Å². The maximum absolute atomic E-state index is 10.0. The lowest BCUT2D eigenvalue weighted by atomic mass is 9.82. The molecule has 0 aliphatic carbocycles. The van der Waals surface area contributed by atoms with E-state index in [-0.39, 0.29) is 0 Å². The van der Waals surface area contributed by atoms with Crippen LogP contribution in [0.3, 0.4) is 0 Å². The highest BCUT2D eigenvalue weighted by molar-refractivity contribution is 5.39. The van der Waals surface area contributed by atoms with Crippen molar-refractivity contribution in [2.24, 2.45) is 5.41 Å². The monoisotopic (exact) mass is 233 g/mol. The Hall–Kier alpha value is -1.02. The largest absolute Gasteiger partial charge is 0.507 e. The van der Waals surface area contributed by atoms with Crippen molar-refractivity contribution in [3.05, 3.63) is 29.3 Å². The fraction of sp³-hybridized carbons (Fsp3) is 0.600. The van der Waals surface area contributed by atoms with Crippen molar-refractivity contribution in [2.45, 2.75) is 40.2 Å². The van der Waals surface area contributed by atoms with Gasteiger partial charge in [0.1, 0.15) is 5.75 Å². The summed E-state index contributed by atoms with van der Waals surface area (Å²) in [5.74, 6) is 0.470. The highest BCUT2D eigenvalue weighted by atomic mass is 16.3. The van der Waals surface area contributed by atoms with Crippen LogP contribution in [0.1, 0.15) is 37.8 Å². The van der Waals surface area contributed by atoms with Crippen LogP contribution < -0.4 is 0 Å². The van der Waals surface area contributed by atoms with Crippen LogP contribution in [0, 0.1) is 12.3 Å². The maximum atomic E-state index is 10.0. The normalized spacial score (nSPS) is 20.4. The molecule has 1 fully saturated rings. The van der Waals surface area contributed by atoms with E-state index in [2.05, 4.69) is 18.7 Å². The Balaban J connectivity index is 2.00. The van der Waals surface area contributed by atoms with E-state index in [0.29, 0.717) is 11.2 Å². The Morgan fingerprint density at radius 3 is 2.53 bits per heavy atom. The molecule has 1 aromatic rings. The van der Waals surface area contributed by atoms with Gasteiger partial charge in [0.25, 0.3) is 0 Å². The minimum absolute atomic E-state index is 0.470. The lowest BCUT2D eigenvalue weighted by Crippen LogP contribution is -2.36. The fourth-order valence-corrected chi connectivity index (χ4v) is 2.40. The van der Waals surface area contributed by atoms with Gasteiger partial charge in [-0.3, -0.25) is 4.90 Å². The number of nitrogens with zero attached hydrogens (tertiary/aromatic N) is 1. The standard InChI is InChI=1S/C15H23NO/c1-12-5-4-6-13(14(12)17)11-16-9-7-15(2,3)8-10-16/h4-6,17H,7-11H2,1-3H3. The Kier molecular flexibility index (Phi) is 3.43. The zero-order valence-electron chi connectivity index (χ0n) is 11.2. The number of para-hydroxylation sites is 1. The number of phenols is 1. The third-order valence-corrected chi connectivity index (χ3v) is 3.92. The lowest BCUT2D eigenvalue weighted by molar-refractivity contribution is 0.126. The Bertz CT molecular complexity index is 388. The molecule has 2 rings (SSSR count). The van der Waals surface area contributed by atoms with Gasteiger partial charge in [-0.2, -0.15) is 0 Å². The van der Waals surface area contributed by atoms with E-state index in [0.717, 1.165) is 30.8 Å². The minimum Gasteiger partial charge on any atom is -0.507 e. The lowest BCUT2D eigenvalue weighted by Gasteiger charge is -2.37. The SMILES string of the molecule is Cc1cccc(CN2CCC(C)(C)CC2)c1O. The van der Waals surface area contributed by atoms with Gasteiger partial charge in [0.2, 0.25) is 0 Å². The van der Waals surface area contributed by atoms with E-state index in [9.17, 15) is 5.11 Å². The zero-order chi connectivity index (χ0) is 12.5. The number of aromatic hydroxyl groups is 1. The molecule has 0 bridgehead atoms. The molecule has 0 aromatic heterocycles. The quantitative estimate of drug-likeness (QED) is 0.847. The van der Waals surface area contributed by atoms with Crippen LogP contribution in [0.4, 0.5) is 0 Å². The van der Waals surface area contributed by atoms with Crippen molar-refractivity contribution in [1.29, 1.82) is 0 Å². The van der Waals surface area contributed by atoms with Gasteiger partial charge in [-0.25, -0.2) is 0 Å². The average Bonchev–Trinajstić information content (AvgIpc) is 2.27. The highest BCUT2D eigenvalue weighted by Gasteiger charge is 2.25. The molecule has 0 spiro atoms. The molecule has 0 atom stereocenters. The zero-order valence-corrected chi connectivity index (χ0v) is 11.2. The summed E-state index contributed by atoms with van der Waals surface area (Å²) in [6.45, 7) is 9.80. The second-order valence-corrected chi connectivity index (χ2v) is 6.02. The fourth-order valence-electron chi connectivity index (χ4n) is 2.40. The summed E-state index contributed by atoms with van der Waals surface area (Å²) < 4.78 is 0. The number of likely N-dealkylation sites (tertiary alicyclic amines) is 1. The molecule has 0 saturated carbocycles. The average molecular weight is 233 g/mol. The predicted molar refractivity (Wildman–Crippen MR) is 71.1 cm³/mol. The predicted octanol–water partition coefficient (Wildman–Crippen LogP) is 3.32. The summed E-state index contributed by atoms with van der Waals surface area (Å²) in [7, 11) is 0. The van der Waals surface area contributed by atoms with Gasteiger partial charge in [0, 0.05) is 12.1 Å². The first-order valence-electron chi connectivity index (χ1n) is 6.48. The van der Waals surface area contributed by atoms with E-state index in [4.69, 9.17) is 0 Å². The first-order valence-corrected chi connectivity index (χ1v) is 6.48. The summed E-state index contributed by atoms with van der Waals surface area (Å²) in [6.07, 6.45) is 2.50. The Morgan fingerprint density at radius 1 is 1.24 bits per heavy atom. The van der Waals surface area contributed by atoms with Gasteiger partial charge in [-0.1, -0.05) is 32.0 Å². The van der Waals surface area contributed by atoms with Crippen molar-refractivity contribution in [3.8, 4) is 5.75 Å². The van der Waals surface area contributed by atoms with Crippen LogP contribution in [0.25, 0.3) is 0 Å². The number of aryl methyl sites for hydroxylation is 1. The number of hydrogen-bond acceptors (Lipinski definition) is 2. The van der Waals surface area contributed by atoms with Crippen molar-refractivity contribution in [3.63, 3.8) is 0 Å². The minimum atomic E-state index is 0.470. The smallest absolute Gasteiger partial charge is 0.122 e. The summed E-state index contributed by atoms with van der Waals surface area (Å²) >= 11 is 0. The Morgan fingerprint density at radius 2 is 1.88 bits per heavy atom. The van der Waals surface area contributed by atoms with Crippen LogP contribution in [-0.4, -0.2) is 23.1 Å². The molecule has 0 radical (unpaired) electrons. The van der Waals surface area contributed by atoms with Crippen LogP contribution in [0.2, 0.25) is 0 Å². The van der Waals surface area contributed by atoms with E-state index in [1.165, 1.54) is 12.8 Å². The Labute approximate surface area is 104 Å². The third kappa shape index (κ3) is 3.01. The molecule has 2 heteroatoms. The summed E-state index contributed by atoms with van der Waals surface area (Å²) in [4.78, 5) is 2.44. The van der Waals surface area contributed by atoms with Gasteiger partial charge in [0.15, 0.2) is 0 Å². The van der Waals surface area contributed by atoms with Crippen molar-refractivity contribution >= 4 is 0 Å². The molecule has 1 aromatic carbocycles. The number of rotatable bonds is 2. The number of piperidine rings is 1. The van der Waals surface area contributed by atoms with Gasteiger partial charge < -0.3 is 5.11 Å². The topological polar surface area (TPSA) is 23.5 Å². The third-order valence-electron chi connectivity index (χ3n) is 3.92. The van der Waals surface area contributed by atoms with Gasteiger partial charge in [0.05, 0.1) is 0 Å². The van der Waals surface area contributed by atoms with Crippen LogP contribution in [-0.2, 0) is 6.54 Å². The molecule has 1 aliphatic rings. The maximum Gasteiger partial charge on any atom is 0.122 e. The van der Waals surface area contributed by atoms with Gasteiger partial charge in [-0.15, -0.1) is 0 Å². The molecule has 1 aliphatic heterocycles. The molecule has 17 heavy (non-hydrogen) atoms. The second-order valence-electron chi connectivity index (χ2n) is 6.02. The first kappa shape index (κ1) is 12.4. The highest BCUT2D eigenvalue weighted by Crippen LogP contribution is 2.31. The van der Waals surface area contributed by atoms with E-state index >= 15 is 0 Å². The summed E-state index contributed by atoms with van der Waals surface area (Å²) in [5.41, 5.74) is 2.52. The van der Waals surface area contributed by atoms with Crippen LogP contribution >= 0.6 is 0 Å². The molecule has 0 unspecified atom stereocenters. The van der Waals surface area contributed by atoms with Crippen molar-refractivity contribution in [1.82, 2.24) is 4.90 Å². The second kappa shape index (κ2) is 4.69. The van der Waals surface area contributed by atoms with E-state index in [1.807, 2.05) is 25.1 Å². The molecule has 1 heterocycles. The first-order chi connectivity index (χ1) is 7.98. The molecule has 94 valence electrons. The van der Waals surface area contributed by atoms with Gasteiger partial charge in [-0.05, 0) is 43.8 Å². The van der Waals surface area contributed by atoms with E-state index < -0.39 is 0 Å². The molecular weight excluding hydrogens is 210 g/mol. The molecule has 1 N–H and O–H groups in total. The number of phenolic OH excluding ortho intramolecular Hbond substituents is 1. The molecule has 1 saturated heterocycles. The van der Waals surface area contributed by atoms with Crippen molar-refractivity contribution in [2.75, 3.05) is 13.1 Å². The molecule has 2 nitrogen and oxygen atoms in total. The number of benzene rings is 1. The van der Waals surface area contributed by atoms with Crippen LogP contribution in [0.15, 0.2) is 18.2 Å². The van der Waals surface area contributed by atoms with E-state index in [1.54, 1.807) is 0 Å². The summed E-state index contributed by atoms with van der Waals surface area (Å²) in [6, 6.07) is 6.01. The molecule has 0 amide bonds. The summed E-state index contributed by atoms with van der Waals surface area (Å²) in [5, 5.41) is 10.0. The van der Waals surface area contributed by atoms with Crippen LogP contribution in [0.5, 0.6) is 5.75 Å². The van der Waals surface area contributed by atoms with Gasteiger partial charge >= 0.3 is 0 Å². The number of hydrogen-bond donors (Lipinski definition) is 1.